The van der Waals surface area contributed by atoms with Crippen molar-refractivity contribution in [1.82, 2.24) is 5.32 Å². The number of hydrogen-bond acceptors (Lipinski definition) is 4. The molecule has 9 heteroatoms. The first-order valence-corrected chi connectivity index (χ1v) is 12.9. The van der Waals surface area contributed by atoms with Gasteiger partial charge in [0.05, 0.1) is 0 Å². The maximum atomic E-state index is 13.1. The van der Waals surface area contributed by atoms with Crippen LogP contribution in [0.2, 0.25) is 0 Å². The van der Waals surface area contributed by atoms with Gasteiger partial charge < -0.3 is 10.6 Å². The third kappa shape index (κ3) is 7.48. The molecule has 0 unspecified atom stereocenters. The zero-order chi connectivity index (χ0) is 24.5. The first-order valence-electron chi connectivity index (χ1n) is 11.4. The molecule has 2 aromatic carbocycles. The van der Waals surface area contributed by atoms with Gasteiger partial charge in [-0.3, -0.25) is 23.5 Å². The topological polar surface area (TPSA) is 95.6 Å². The third-order valence-electron chi connectivity index (χ3n) is 5.73. The lowest BCUT2D eigenvalue weighted by Crippen LogP contribution is -2.52. The Morgan fingerprint density at radius 2 is 1.65 bits per heavy atom. The normalized spacial score (nSPS) is 15.7. The number of rotatable bonds is 9. The molecule has 0 spiro atoms. The summed E-state index contributed by atoms with van der Waals surface area (Å²) < 4.78 is 25.6. The molecule has 0 aromatic heterocycles. The first kappa shape index (κ1) is 25.6. The summed E-state index contributed by atoms with van der Waals surface area (Å²) in [4.78, 5) is 39.6. The first-order chi connectivity index (χ1) is 16.3. The number of amides is 3. The van der Waals surface area contributed by atoms with Crippen molar-refractivity contribution in [3.63, 3.8) is 0 Å². The number of halogens is 1. The van der Waals surface area contributed by atoms with Gasteiger partial charge in [-0.1, -0.05) is 37.5 Å². The number of para-hydroxylation sites is 1. The summed E-state index contributed by atoms with van der Waals surface area (Å²) in [5.41, 5.74) is 0.889. The van der Waals surface area contributed by atoms with Crippen LogP contribution in [0.3, 0.4) is 0 Å². The van der Waals surface area contributed by atoms with Crippen LogP contribution in [0.5, 0.6) is 0 Å². The van der Waals surface area contributed by atoms with E-state index in [1.165, 1.54) is 29.2 Å². The summed E-state index contributed by atoms with van der Waals surface area (Å²) in [6.45, 7) is 1.65. The number of carbonyl (C=O) groups is 3. The van der Waals surface area contributed by atoms with E-state index < -0.39 is 46.0 Å². The van der Waals surface area contributed by atoms with Gasteiger partial charge in [0.25, 0.3) is 0 Å². The fourth-order valence-corrected chi connectivity index (χ4v) is 4.87. The molecule has 3 amide bonds. The Morgan fingerprint density at radius 1 is 1.00 bits per heavy atom. The highest BCUT2D eigenvalue weighted by molar-refractivity contribution is 7.86. The van der Waals surface area contributed by atoms with Crippen LogP contribution in [0, 0.1) is 5.82 Å². The Morgan fingerprint density at radius 3 is 2.29 bits per heavy atom. The summed E-state index contributed by atoms with van der Waals surface area (Å²) >= 11 is 0. The van der Waals surface area contributed by atoms with Gasteiger partial charge in [-0.25, -0.2) is 4.39 Å². The van der Waals surface area contributed by atoms with Crippen LogP contribution < -0.4 is 15.5 Å². The molecule has 34 heavy (non-hydrogen) atoms. The summed E-state index contributed by atoms with van der Waals surface area (Å²) in [5, 5.41) is 5.57. The van der Waals surface area contributed by atoms with Crippen molar-refractivity contribution in [2.75, 3.05) is 21.7 Å². The van der Waals surface area contributed by atoms with Crippen LogP contribution in [-0.4, -0.2) is 45.5 Å². The van der Waals surface area contributed by atoms with E-state index >= 15 is 0 Å². The second-order valence-corrected chi connectivity index (χ2v) is 9.86. The molecule has 7 nitrogen and oxygen atoms in total. The van der Waals surface area contributed by atoms with E-state index in [9.17, 15) is 23.0 Å². The van der Waals surface area contributed by atoms with Crippen molar-refractivity contribution < 1.29 is 23.0 Å². The molecule has 2 atom stereocenters. The maximum Gasteiger partial charge on any atom is 0.243 e. The minimum atomic E-state index is -1.80. The Bertz CT molecular complexity index is 1010. The molecule has 0 bridgehead atoms. The molecule has 1 aliphatic carbocycles. The molecule has 1 fully saturated rings. The summed E-state index contributed by atoms with van der Waals surface area (Å²) in [5.74, 6) is -2.56. The Kier molecular flexibility index (Phi) is 9.33. The lowest BCUT2D eigenvalue weighted by Gasteiger charge is -2.31. The summed E-state index contributed by atoms with van der Waals surface area (Å²) in [6.07, 6.45) is 5.15. The van der Waals surface area contributed by atoms with Crippen molar-refractivity contribution in [3.05, 3.63) is 60.4 Å². The van der Waals surface area contributed by atoms with Crippen LogP contribution in [0.25, 0.3) is 0 Å². The smallest absolute Gasteiger partial charge is 0.243 e. The average Bonchev–Trinajstić information content (AvgIpc) is 2.81. The number of nitrogens with one attached hydrogen (secondary N) is 2. The van der Waals surface area contributed by atoms with Crippen LogP contribution >= 0.6 is 0 Å². The van der Waals surface area contributed by atoms with E-state index in [1.54, 1.807) is 37.3 Å². The molecule has 0 aliphatic heterocycles. The molecular formula is C25H30FN3O4S. The summed E-state index contributed by atoms with van der Waals surface area (Å²) in [6, 6.07) is 13.2. The van der Waals surface area contributed by atoms with E-state index in [2.05, 4.69) is 10.6 Å². The largest absolute Gasteiger partial charge is 0.352 e. The standard InChI is InChI=1S/C25H30FN3O4S/c1-18(25(32)28-20-8-4-2-5-9-20)29(22-10-6-3-7-11-22)24(31)17-34(33)16-23(30)27-21-14-12-19(26)13-15-21/h3,6-7,10-15,18,20H,2,4-5,8-9,16-17H2,1H3,(H,27,30)(H,28,32)/t18-,34+/m0/s1. The predicted molar refractivity (Wildman–Crippen MR) is 131 cm³/mol. The van der Waals surface area contributed by atoms with Crippen LogP contribution in [0.4, 0.5) is 15.8 Å². The third-order valence-corrected chi connectivity index (χ3v) is 6.88. The number of nitrogens with zero attached hydrogens (tertiary/aromatic N) is 1. The predicted octanol–water partition coefficient (Wildman–Crippen LogP) is 3.38. The fraction of sp³-hybridized carbons (Fsp3) is 0.400. The molecule has 1 saturated carbocycles. The monoisotopic (exact) mass is 487 g/mol. The van der Waals surface area contributed by atoms with Gasteiger partial charge >= 0.3 is 0 Å². The van der Waals surface area contributed by atoms with Gasteiger partial charge in [-0.15, -0.1) is 0 Å². The Balaban J connectivity index is 1.63. The van der Waals surface area contributed by atoms with Crippen LogP contribution in [0.15, 0.2) is 54.6 Å². The van der Waals surface area contributed by atoms with Gasteiger partial charge in [0.2, 0.25) is 17.7 Å². The van der Waals surface area contributed by atoms with E-state index in [-0.39, 0.29) is 11.9 Å². The highest BCUT2D eigenvalue weighted by atomic mass is 32.2. The SMILES string of the molecule is C[C@@H](C(=O)NC1CCCCC1)N(C(=O)C[S@](=O)CC(=O)Nc1ccc(F)cc1)c1ccccc1. The number of benzene rings is 2. The molecule has 182 valence electrons. The van der Waals surface area contributed by atoms with Gasteiger partial charge in [-0.2, -0.15) is 0 Å². The van der Waals surface area contributed by atoms with Gasteiger partial charge in [0.1, 0.15) is 23.4 Å². The quantitative estimate of drug-likeness (QED) is 0.567. The molecule has 2 N–H and O–H groups in total. The summed E-state index contributed by atoms with van der Waals surface area (Å²) in [7, 11) is -1.80. The molecule has 1 aliphatic rings. The lowest BCUT2D eigenvalue weighted by atomic mass is 9.95. The number of anilines is 2. The van der Waals surface area contributed by atoms with E-state index in [0.29, 0.717) is 11.4 Å². The van der Waals surface area contributed by atoms with E-state index in [1.807, 2.05) is 0 Å². The molecule has 3 rings (SSSR count). The lowest BCUT2D eigenvalue weighted by molar-refractivity contribution is -0.126. The minimum Gasteiger partial charge on any atom is -0.352 e. The molecule has 0 saturated heterocycles. The highest BCUT2D eigenvalue weighted by Gasteiger charge is 2.30. The van der Waals surface area contributed by atoms with Crippen molar-refractivity contribution in [2.45, 2.75) is 51.1 Å². The molecule has 2 aromatic rings. The number of hydrogen-bond donors (Lipinski definition) is 2. The average molecular weight is 488 g/mol. The van der Waals surface area contributed by atoms with Crippen molar-refractivity contribution in [1.29, 1.82) is 0 Å². The zero-order valence-corrected chi connectivity index (χ0v) is 20.0. The highest BCUT2D eigenvalue weighted by Crippen LogP contribution is 2.20. The van der Waals surface area contributed by atoms with Crippen molar-refractivity contribution in [3.8, 4) is 0 Å². The Hall–Kier alpha value is -3.07. The van der Waals surface area contributed by atoms with Gasteiger partial charge in [0.15, 0.2) is 0 Å². The molecular weight excluding hydrogens is 457 g/mol. The zero-order valence-electron chi connectivity index (χ0n) is 19.2. The van der Waals surface area contributed by atoms with Crippen LogP contribution in [-0.2, 0) is 25.2 Å². The van der Waals surface area contributed by atoms with E-state index in [4.69, 9.17) is 0 Å². The second-order valence-electron chi connectivity index (χ2n) is 8.40. The Labute approximate surface area is 201 Å². The van der Waals surface area contributed by atoms with E-state index in [0.717, 1.165) is 32.1 Å². The van der Waals surface area contributed by atoms with Gasteiger partial charge in [0, 0.05) is 28.2 Å². The minimum absolute atomic E-state index is 0.0979. The molecule has 0 radical (unpaired) electrons. The van der Waals surface area contributed by atoms with Crippen LogP contribution in [0.1, 0.15) is 39.0 Å². The van der Waals surface area contributed by atoms with Crippen molar-refractivity contribution >= 4 is 39.9 Å². The van der Waals surface area contributed by atoms with Crippen molar-refractivity contribution in [2.24, 2.45) is 0 Å². The maximum absolute atomic E-state index is 13.1. The van der Waals surface area contributed by atoms with Gasteiger partial charge in [-0.05, 0) is 56.2 Å². The second kappa shape index (κ2) is 12.4. The number of carbonyl (C=O) groups excluding carboxylic acids is 3. The molecule has 0 heterocycles. The fourth-order valence-electron chi connectivity index (χ4n) is 3.99.